The van der Waals surface area contributed by atoms with Crippen LogP contribution in [0, 0.1) is 17.3 Å². The van der Waals surface area contributed by atoms with Crippen molar-refractivity contribution in [3.05, 3.63) is 91.4 Å². The van der Waals surface area contributed by atoms with Crippen LogP contribution in [0.2, 0.25) is 4.34 Å². The number of carbonyl (C=O) groups is 3. The number of hydrogen-bond acceptors (Lipinski definition) is 7. The number of nitrogens with zero attached hydrogens (tertiary/aromatic N) is 3. The molecule has 2 N–H and O–H groups in total. The lowest BCUT2D eigenvalue weighted by atomic mass is 9.96. The van der Waals surface area contributed by atoms with Crippen LogP contribution in [0.1, 0.15) is 41.6 Å². The van der Waals surface area contributed by atoms with Gasteiger partial charge in [-0.15, -0.1) is 11.3 Å². The van der Waals surface area contributed by atoms with Gasteiger partial charge in [0.1, 0.15) is 11.5 Å². The fraction of sp³-hybridized carbons (Fsp3) is 0.207. The van der Waals surface area contributed by atoms with Crippen molar-refractivity contribution in [3.63, 3.8) is 0 Å². The number of carboxylic acids is 1. The number of pyridine rings is 1. The first kappa shape index (κ1) is 28.5. The van der Waals surface area contributed by atoms with Crippen molar-refractivity contribution in [2.45, 2.75) is 33.9 Å². The summed E-state index contributed by atoms with van der Waals surface area (Å²) in [6, 6.07) is 17.2. The number of thiophene rings is 1. The average molecular weight is 577 g/mol. The van der Waals surface area contributed by atoms with E-state index in [4.69, 9.17) is 11.6 Å². The van der Waals surface area contributed by atoms with Gasteiger partial charge in [-0.25, -0.2) is 4.79 Å². The molecular formula is C29H25ClN4O5S. The molecule has 4 rings (SSSR count). The molecule has 0 spiro atoms. The van der Waals surface area contributed by atoms with Gasteiger partial charge in [0.05, 0.1) is 28.7 Å². The Labute approximate surface area is 239 Å². The second-order valence-corrected chi connectivity index (χ2v) is 11.6. The van der Waals surface area contributed by atoms with Crippen molar-refractivity contribution in [1.82, 2.24) is 14.3 Å². The Morgan fingerprint density at radius 1 is 1.05 bits per heavy atom. The van der Waals surface area contributed by atoms with Gasteiger partial charge in [0, 0.05) is 21.9 Å². The number of aromatic nitrogens is 3. The molecule has 4 aromatic rings. The Hall–Kier alpha value is -4.46. The molecule has 0 fully saturated rings. The molecule has 0 bridgehead atoms. The number of benzene rings is 1. The second kappa shape index (κ2) is 11.7. The van der Waals surface area contributed by atoms with Crippen LogP contribution in [0.5, 0.6) is 0 Å². The maximum absolute atomic E-state index is 13.4. The fourth-order valence-corrected chi connectivity index (χ4v) is 4.68. The molecule has 11 heteroatoms. The Balaban J connectivity index is 1.82. The van der Waals surface area contributed by atoms with Crippen LogP contribution in [0.3, 0.4) is 0 Å². The van der Waals surface area contributed by atoms with Crippen molar-refractivity contribution in [3.8, 4) is 23.2 Å². The third kappa shape index (κ3) is 6.57. The van der Waals surface area contributed by atoms with Crippen LogP contribution in [0.4, 0.5) is 5.82 Å². The van der Waals surface area contributed by atoms with Crippen LogP contribution < -0.4 is 10.9 Å². The van der Waals surface area contributed by atoms with E-state index in [1.54, 1.807) is 45.0 Å². The van der Waals surface area contributed by atoms with Gasteiger partial charge in [-0.05, 0) is 36.4 Å². The van der Waals surface area contributed by atoms with Crippen LogP contribution in [-0.4, -0.2) is 37.1 Å². The number of carboxylic acid groups (broad SMARTS) is 1. The van der Waals surface area contributed by atoms with E-state index in [2.05, 4.69) is 22.3 Å². The molecule has 0 saturated heterocycles. The largest absolute Gasteiger partial charge is 0.475 e. The molecule has 0 amide bonds. The topological polar surface area (TPSA) is 123 Å². The van der Waals surface area contributed by atoms with Gasteiger partial charge in [0.15, 0.2) is 0 Å². The highest BCUT2D eigenvalue weighted by Crippen LogP contribution is 2.27. The summed E-state index contributed by atoms with van der Waals surface area (Å²) >= 11 is 7.43. The summed E-state index contributed by atoms with van der Waals surface area (Å²) in [5, 5.41) is 16.9. The van der Waals surface area contributed by atoms with E-state index >= 15 is 0 Å². The van der Waals surface area contributed by atoms with E-state index in [1.165, 1.54) is 28.2 Å². The van der Waals surface area contributed by atoms with E-state index in [1.807, 2.05) is 24.3 Å². The maximum atomic E-state index is 13.4. The van der Waals surface area contributed by atoms with Crippen LogP contribution in [0.25, 0.3) is 11.4 Å². The van der Waals surface area contributed by atoms with Crippen molar-refractivity contribution in [2.75, 3.05) is 5.32 Å². The molecule has 0 radical (unpaired) electrons. The highest BCUT2D eigenvalue weighted by molar-refractivity contribution is 7.16. The first-order chi connectivity index (χ1) is 18.9. The highest BCUT2D eigenvalue weighted by atomic mass is 35.5. The van der Waals surface area contributed by atoms with Gasteiger partial charge in [-0.3, -0.25) is 19.0 Å². The number of hydrogen-bond donors (Lipinski definition) is 2. The highest BCUT2D eigenvalue weighted by Gasteiger charge is 2.28. The third-order valence-corrected chi connectivity index (χ3v) is 6.94. The minimum absolute atomic E-state index is 0.0731. The average Bonchev–Trinajstić information content (AvgIpc) is 3.53. The van der Waals surface area contributed by atoms with Crippen molar-refractivity contribution in [1.29, 1.82) is 0 Å². The Morgan fingerprint density at radius 2 is 1.77 bits per heavy atom. The summed E-state index contributed by atoms with van der Waals surface area (Å²) in [5.41, 5.74) is -0.336. The molecule has 3 aromatic heterocycles. The van der Waals surface area contributed by atoms with Gasteiger partial charge in [0.25, 0.3) is 17.2 Å². The predicted molar refractivity (Wildman–Crippen MR) is 154 cm³/mol. The van der Waals surface area contributed by atoms with E-state index in [0.717, 1.165) is 9.44 Å². The maximum Gasteiger partial charge on any atom is 0.374 e. The Bertz CT molecular complexity index is 1720. The number of rotatable bonds is 7. The van der Waals surface area contributed by atoms with E-state index < -0.39 is 29.3 Å². The molecule has 9 nitrogen and oxygen atoms in total. The SMILES string of the molecule is CC(C)(C)C(=O)n1nc(-c2ccc(C#Cc3ccccc3)c(=O)n2CC(=O)C(=O)O)cc1NCc1ccc(Cl)s1. The number of aliphatic carboxylic acids is 1. The van der Waals surface area contributed by atoms with Crippen molar-refractivity contribution < 1.29 is 19.5 Å². The molecule has 0 aliphatic heterocycles. The number of Topliss-reactive ketones (excluding diaryl/α,β-unsaturated/α-hetero) is 1. The lowest BCUT2D eigenvalue weighted by molar-refractivity contribution is -0.149. The lowest BCUT2D eigenvalue weighted by Crippen LogP contribution is -2.31. The fourth-order valence-electron chi connectivity index (χ4n) is 3.66. The van der Waals surface area contributed by atoms with E-state index in [-0.39, 0.29) is 22.9 Å². The van der Waals surface area contributed by atoms with E-state index in [0.29, 0.717) is 22.3 Å². The minimum atomic E-state index is -1.68. The molecule has 0 aliphatic carbocycles. The number of anilines is 1. The van der Waals surface area contributed by atoms with Crippen LogP contribution >= 0.6 is 22.9 Å². The molecular weight excluding hydrogens is 552 g/mol. The zero-order valence-electron chi connectivity index (χ0n) is 21.9. The van der Waals surface area contributed by atoms with Crippen molar-refractivity contribution in [2.24, 2.45) is 5.41 Å². The summed E-state index contributed by atoms with van der Waals surface area (Å²) in [4.78, 5) is 51.2. The van der Waals surface area contributed by atoms with Gasteiger partial charge in [-0.2, -0.15) is 9.78 Å². The monoisotopic (exact) mass is 576 g/mol. The number of carbonyl (C=O) groups excluding carboxylic acids is 2. The second-order valence-electron chi connectivity index (χ2n) is 9.81. The normalized spacial score (nSPS) is 11.0. The lowest BCUT2D eigenvalue weighted by Gasteiger charge is -2.18. The van der Waals surface area contributed by atoms with E-state index in [9.17, 15) is 24.3 Å². The molecule has 3 heterocycles. The molecule has 0 saturated carbocycles. The summed E-state index contributed by atoms with van der Waals surface area (Å²) in [6.45, 7) is 4.88. The van der Waals surface area contributed by atoms with Gasteiger partial charge >= 0.3 is 5.97 Å². The molecule has 204 valence electrons. The first-order valence-electron chi connectivity index (χ1n) is 12.1. The molecule has 0 unspecified atom stereocenters. The number of ketones is 1. The Kier molecular flexibility index (Phi) is 8.38. The smallest absolute Gasteiger partial charge is 0.374 e. The summed E-state index contributed by atoms with van der Waals surface area (Å²) in [6.07, 6.45) is 0. The summed E-state index contributed by atoms with van der Waals surface area (Å²) < 4.78 is 2.85. The number of halogens is 1. The summed E-state index contributed by atoms with van der Waals surface area (Å²) in [7, 11) is 0. The summed E-state index contributed by atoms with van der Waals surface area (Å²) in [5.74, 6) is 2.88. The quantitative estimate of drug-likeness (QED) is 0.240. The molecule has 1 aromatic carbocycles. The minimum Gasteiger partial charge on any atom is -0.475 e. The zero-order chi connectivity index (χ0) is 29.0. The molecule has 0 aliphatic rings. The van der Waals surface area contributed by atoms with Crippen LogP contribution in [0.15, 0.2) is 65.5 Å². The predicted octanol–water partition coefficient (Wildman–Crippen LogP) is 4.78. The van der Waals surface area contributed by atoms with Crippen molar-refractivity contribution >= 4 is 46.4 Å². The molecule has 0 atom stereocenters. The zero-order valence-corrected chi connectivity index (χ0v) is 23.5. The third-order valence-electron chi connectivity index (χ3n) is 5.71. The Morgan fingerprint density at radius 3 is 2.40 bits per heavy atom. The van der Waals surface area contributed by atoms with Gasteiger partial charge in [-0.1, -0.05) is 62.4 Å². The van der Waals surface area contributed by atoms with Crippen LogP contribution in [-0.2, 0) is 22.7 Å². The number of nitrogens with one attached hydrogen (secondary N) is 1. The van der Waals surface area contributed by atoms with Gasteiger partial charge < -0.3 is 10.4 Å². The first-order valence-corrected chi connectivity index (χ1v) is 13.3. The standard InChI is InChI=1S/C29H25ClN4O5S/c1-29(2,3)28(39)34-25(31-16-20-12-14-24(30)40-20)15-21(32-34)22-13-11-19(10-9-18-7-5-4-6-8-18)26(36)33(22)17-23(35)27(37)38/h4-8,11-15,31H,16-17H2,1-3H3,(H,37,38). The van der Waals surface area contributed by atoms with Gasteiger partial charge in [0.2, 0.25) is 0 Å². The molecule has 40 heavy (non-hydrogen) atoms.